The second kappa shape index (κ2) is 7.84. The number of halogens is 2. The van der Waals surface area contributed by atoms with Crippen LogP contribution in [0.25, 0.3) is 0 Å². The maximum absolute atomic E-state index is 12.5. The van der Waals surface area contributed by atoms with E-state index in [4.69, 9.17) is 27.9 Å². The van der Waals surface area contributed by atoms with E-state index in [-0.39, 0.29) is 4.90 Å². The minimum absolute atomic E-state index is 0.00951. The Morgan fingerprint density at radius 3 is 2.23 bits per heavy atom. The van der Waals surface area contributed by atoms with Crippen molar-refractivity contribution < 1.29 is 17.9 Å². The predicted octanol–water partition coefficient (Wildman–Crippen LogP) is 3.70. The van der Waals surface area contributed by atoms with Crippen LogP contribution in [-0.4, -0.2) is 27.0 Å². The van der Waals surface area contributed by atoms with Crippen molar-refractivity contribution in [2.24, 2.45) is 0 Å². The van der Waals surface area contributed by atoms with Crippen LogP contribution < -0.4 is 14.8 Å². The van der Waals surface area contributed by atoms with Crippen molar-refractivity contribution in [3.63, 3.8) is 0 Å². The standard InChI is InChI=1S/C17H18Cl2N2O4S/c1-17(2,21-26(23,24)13-7-4-11(18)5-8-13)16(22)20-12-6-9-15(25-3)14(19)10-12/h4-10,21H,1-3H3,(H,20,22). The number of hydrogen-bond acceptors (Lipinski definition) is 4. The Hall–Kier alpha value is -1.80. The van der Waals surface area contributed by atoms with Crippen LogP contribution in [0.15, 0.2) is 47.4 Å². The molecule has 0 atom stereocenters. The SMILES string of the molecule is COc1ccc(NC(=O)C(C)(C)NS(=O)(=O)c2ccc(Cl)cc2)cc1Cl. The van der Waals surface area contributed by atoms with Gasteiger partial charge >= 0.3 is 0 Å². The molecule has 6 nitrogen and oxygen atoms in total. The molecule has 0 aliphatic rings. The first kappa shape index (κ1) is 20.5. The normalized spacial score (nSPS) is 11.9. The highest BCUT2D eigenvalue weighted by Gasteiger charge is 2.33. The fourth-order valence-electron chi connectivity index (χ4n) is 2.09. The molecule has 0 aromatic heterocycles. The molecule has 2 N–H and O–H groups in total. The van der Waals surface area contributed by atoms with Gasteiger partial charge in [-0.05, 0) is 56.3 Å². The molecule has 0 fully saturated rings. The number of ether oxygens (including phenoxy) is 1. The van der Waals surface area contributed by atoms with Gasteiger partial charge in [-0.25, -0.2) is 8.42 Å². The second-order valence-electron chi connectivity index (χ2n) is 5.99. The lowest BCUT2D eigenvalue weighted by Crippen LogP contribution is -2.52. The van der Waals surface area contributed by atoms with Gasteiger partial charge in [-0.3, -0.25) is 4.79 Å². The van der Waals surface area contributed by atoms with Crippen LogP contribution in [-0.2, 0) is 14.8 Å². The highest BCUT2D eigenvalue weighted by molar-refractivity contribution is 7.89. The summed E-state index contributed by atoms with van der Waals surface area (Å²) >= 11 is 11.8. The van der Waals surface area contributed by atoms with E-state index in [1.54, 1.807) is 12.1 Å². The van der Waals surface area contributed by atoms with Crippen LogP contribution in [0.5, 0.6) is 5.75 Å². The van der Waals surface area contributed by atoms with Crippen LogP contribution in [0, 0.1) is 0 Å². The highest BCUT2D eigenvalue weighted by Crippen LogP contribution is 2.27. The smallest absolute Gasteiger partial charge is 0.245 e. The topological polar surface area (TPSA) is 84.5 Å². The van der Waals surface area contributed by atoms with Crippen molar-refractivity contribution in [1.82, 2.24) is 4.72 Å². The third kappa shape index (κ3) is 4.88. The molecule has 0 saturated heterocycles. The Labute approximate surface area is 162 Å². The molecule has 0 unspecified atom stereocenters. The Morgan fingerprint density at radius 1 is 1.08 bits per heavy atom. The molecule has 0 bridgehead atoms. The number of carbonyl (C=O) groups is 1. The summed E-state index contributed by atoms with van der Waals surface area (Å²) in [5.41, 5.74) is -0.996. The fraction of sp³-hybridized carbons (Fsp3) is 0.235. The number of sulfonamides is 1. The molecule has 0 aliphatic carbocycles. The maximum Gasteiger partial charge on any atom is 0.245 e. The van der Waals surface area contributed by atoms with Crippen molar-refractivity contribution in [3.05, 3.63) is 52.5 Å². The zero-order chi connectivity index (χ0) is 19.5. The summed E-state index contributed by atoms with van der Waals surface area (Å²) in [6.45, 7) is 2.92. The van der Waals surface area contributed by atoms with Gasteiger partial charge in [0.2, 0.25) is 15.9 Å². The van der Waals surface area contributed by atoms with E-state index in [9.17, 15) is 13.2 Å². The van der Waals surface area contributed by atoms with Crippen LogP contribution in [0.2, 0.25) is 10.0 Å². The van der Waals surface area contributed by atoms with Gasteiger partial charge in [0.05, 0.1) is 17.0 Å². The number of carbonyl (C=O) groups excluding carboxylic acids is 1. The van der Waals surface area contributed by atoms with E-state index in [2.05, 4.69) is 10.0 Å². The molecule has 1 amide bonds. The van der Waals surface area contributed by atoms with Gasteiger partial charge in [0.1, 0.15) is 11.3 Å². The fourth-order valence-corrected chi connectivity index (χ4v) is 3.85. The summed E-state index contributed by atoms with van der Waals surface area (Å²) in [6, 6.07) is 10.4. The molecular weight excluding hydrogens is 399 g/mol. The van der Waals surface area contributed by atoms with E-state index in [0.717, 1.165) is 0 Å². The predicted molar refractivity (Wildman–Crippen MR) is 102 cm³/mol. The van der Waals surface area contributed by atoms with Gasteiger partial charge in [0, 0.05) is 10.7 Å². The average molecular weight is 417 g/mol. The summed E-state index contributed by atoms with van der Waals surface area (Å²) in [6.07, 6.45) is 0. The molecule has 0 radical (unpaired) electrons. The average Bonchev–Trinajstić information content (AvgIpc) is 2.54. The Bertz CT molecular complexity index is 913. The highest BCUT2D eigenvalue weighted by atomic mass is 35.5. The largest absolute Gasteiger partial charge is 0.495 e. The number of nitrogens with one attached hydrogen (secondary N) is 2. The van der Waals surface area contributed by atoms with Crippen LogP contribution >= 0.6 is 23.2 Å². The summed E-state index contributed by atoms with van der Waals surface area (Å²) in [5, 5.41) is 3.37. The van der Waals surface area contributed by atoms with E-state index >= 15 is 0 Å². The van der Waals surface area contributed by atoms with Crippen molar-refractivity contribution in [3.8, 4) is 5.75 Å². The molecule has 2 rings (SSSR count). The van der Waals surface area contributed by atoms with Crippen molar-refractivity contribution >= 4 is 44.8 Å². The van der Waals surface area contributed by atoms with E-state index in [0.29, 0.717) is 21.5 Å². The number of methoxy groups -OCH3 is 1. The Balaban J connectivity index is 2.16. The number of rotatable bonds is 6. The monoisotopic (exact) mass is 416 g/mol. The van der Waals surface area contributed by atoms with E-state index < -0.39 is 21.5 Å². The summed E-state index contributed by atoms with van der Waals surface area (Å²) in [5.74, 6) is -0.0800. The van der Waals surface area contributed by atoms with E-state index in [1.807, 2.05) is 0 Å². The molecule has 0 aliphatic heterocycles. The first-order valence-electron chi connectivity index (χ1n) is 7.50. The van der Waals surface area contributed by atoms with Gasteiger partial charge in [-0.15, -0.1) is 0 Å². The first-order valence-corrected chi connectivity index (χ1v) is 9.73. The molecule has 0 spiro atoms. The summed E-state index contributed by atoms with van der Waals surface area (Å²) in [7, 11) is -2.43. The lowest BCUT2D eigenvalue weighted by atomic mass is 10.1. The van der Waals surface area contributed by atoms with Gasteiger partial charge in [0.25, 0.3) is 0 Å². The summed E-state index contributed by atoms with van der Waals surface area (Å²) in [4.78, 5) is 12.5. The zero-order valence-electron chi connectivity index (χ0n) is 14.3. The lowest BCUT2D eigenvalue weighted by Gasteiger charge is -2.25. The molecule has 26 heavy (non-hydrogen) atoms. The zero-order valence-corrected chi connectivity index (χ0v) is 16.7. The first-order chi connectivity index (χ1) is 12.0. The quantitative estimate of drug-likeness (QED) is 0.751. The molecule has 0 heterocycles. The number of benzene rings is 2. The van der Waals surface area contributed by atoms with Gasteiger partial charge in [-0.2, -0.15) is 4.72 Å². The van der Waals surface area contributed by atoms with Crippen LogP contribution in [0.1, 0.15) is 13.8 Å². The minimum Gasteiger partial charge on any atom is -0.495 e. The molecule has 140 valence electrons. The maximum atomic E-state index is 12.5. The van der Waals surface area contributed by atoms with Crippen molar-refractivity contribution in [1.29, 1.82) is 0 Å². The third-order valence-corrected chi connectivity index (χ3v) is 5.71. The van der Waals surface area contributed by atoms with Crippen molar-refractivity contribution in [2.75, 3.05) is 12.4 Å². The minimum atomic E-state index is -3.91. The number of hydrogen-bond donors (Lipinski definition) is 2. The van der Waals surface area contributed by atoms with Gasteiger partial charge < -0.3 is 10.1 Å². The van der Waals surface area contributed by atoms with Crippen molar-refractivity contribution in [2.45, 2.75) is 24.3 Å². The van der Waals surface area contributed by atoms with Crippen LogP contribution in [0.4, 0.5) is 5.69 Å². The third-order valence-electron chi connectivity index (χ3n) is 3.49. The number of anilines is 1. The molecule has 0 saturated carbocycles. The second-order valence-corrected chi connectivity index (χ2v) is 8.51. The molecule has 2 aromatic carbocycles. The molecule has 9 heteroatoms. The molecule has 2 aromatic rings. The Kier molecular flexibility index (Phi) is 6.18. The number of amides is 1. The van der Waals surface area contributed by atoms with E-state index in [1.165, 1.54) is 51.3 Å². The van der Waals surface area contributed by atoms with Gasteiger partial charge in [0.15, 0.2) is 0 Å². The van der Waals surface area contributed by atoms with Crippen LogP contribution in [0.3, 0.4) is 0 Å². The van der Waals surface area contributed by atoms with Gasteiger partial charge in [-0.1, -0.05) is 23.2 Å². The Morgan fingerprint density at radius 2 is 1.69 bits per heavy atom. The lowest BCUT2D eigenvalue weighted by molar-refractivity contribution is -0.120. The summed E-state index contributed by atoms with van der Waals surface area (Å²) < 4.78 is 32.4. The molecular formula is C17H18Cl2N2O4S.